The molecule has 3 aromatic carbocycles. The number of hydrogen-bond donors (Lipinski definition) is 2. The van der Waals surface area contributed by atoms with Gasteiger partial charge in [0.15, 0.2) is 5.78 Å². The van der Waals surface area contributed by atoms with Gasteiger partial charge in [-0.25, -0.2) is 4.39 Å². The zero-order valence-electron chi connectivity index (χ0n) is 14.0. The third kappa shape index (κ3) is 2.88. The van der Waals surface area contributed by atoms with Crippen LogP contribution in [0.5, 0.6) is 5.75 Å². The maximum Gasteiger partial charge on any atom is 0.197 e. The maximum absolute atomic E-state index is 13.2. The molecule has 0 aliphatic carbocycles. The number of carbonyl (C=O) groups excluding carboxylic acids is 1. The van der Waals surface area contributed by atoms with Gasteiger partial charge < -0.3 is 16.2 Å². The van der Waals surface area contributed by atoms with Crippen LogP contribution in [0.2, 0.25) is 0 Å². The Balaban J connectivity index is 1.68. The minimum atomic E-state index is -0.362. The zero-order chi connectivity index (χ0) is 18.3. The minimum Gasteiger partial charge on any atom is -0.488 e. The zero-order valence-corrected chi connectivity index (χ0v) is 14.0. The van der Waals surface area contributed by atoms with Gasteiger partial charge in [0.25, 0.3) is 0 Å². The number of nitrogen functional groups attached to an aromatic ring is 2. The molecule has 0 unspecified atom stereocenters. The predicted molar refractivity (Wildman–Crippen MR) is 98.7 cm³/mol. The molecular weight excluding hydrogens is 331 g/mol. The summed E-state index contributed by atoms with van der Waals surface area (Å²) in [5, 5.41) is 0. The van der Waals surface area contributed by atoms with Crippen LogP contribution in [-0.4, -0.2) is 5.78 Å². The van der Waals surface area contributed by atoms with Crippen LogP contribution < -0.4 is 16.2 Å². The lowest BCUT2D eigenvalue weighted by Gasteiger charge is -2.10. The topological polar surface area (TPSA) is 78.3 Å². The molecule has 0 fully saturated rings. The Morgan fingerprint density at radius 1 is 0.962 bits per heavy atom. The van der Waals surface area contributed by atoms with Crippen molar-refractivity contribution in [2.24, 2.45) is 0 Å². The van der Waals surface area contributed by atoms with Crippen LogP contribution in [0.25, 0.3) is 0 Å². The largest absolute Gasteiger partial charge is 0.488 e. The molecule has 3 aromatic rings. The normalized spacial score (nSPS) is 12.7. The Labute approximate surface area is 150 Å². The molecule has 5 heteroatoms. The third-order valence-electron chi connectivity index (χ3n) is 4.55. The van der Waals surface area contributed by atoms with Gasteiger partial charge >= 0.3 is 0 Å². The highest BCUT2D eigenvalue weighted by Gasteiger charge is 2.22. The molecule has 0 saturated heterocycles. The summed E-state index contributed by atoms with van der Waals surface area (Å²) in [6.07, 6.45) is 0.525. The molecule has 26 heavy (non-hydrogen) atoms. The van der Waals surface area contributed by atoms with Crippen molar-refractivity contribution in [3.63, 3.8) is 0 Å². The fraction of sp³-hybridized carbons (Fsp3) is 0.0952. The maximum atomic E-state index is 13.2. The van der Waals surface area contributed by atoms with E-state index in [1.54, 1.807) is 30.3 Å². The van der Waals surface area contributed by atoms with Gasteiger partial charge in [0.2, 0.25) is 0 Å². The average Bonchev–Trinajstić information content (AvgIpc) is 2.74. The van der Waals surface area contributed by atoms with Crippen molar-refractivity contribution in [2.45, 2.75) is 13.0 Å². The van der Waals surface area contributed by atoms with Crippen LogP contribution in [0.3, 0.4) is 0 Å². The van der Waals surface area contributed by atoms with Gasteiger partial charge in [0, 0.05) is 22.5 Å². The van der Waals surface area contributed by atoms with Crippen molar-refractivity contribution < 1.29 is 13.9 Å². The number of ether oxygens (including phenoxy) is 1. The quantitative estimate of drug-likeness (QED) is 0.692. The van der Waals surface area contributed by atoms with Gasteiger partial charge in [-0.2, -0.15) is 0 Å². The Bertz CT molecular complexity index is 1030. The fourth-order valence-electron chi connectivity index (χ4n) is 3.19. The summed E-state index contributed by atoms with van der Waals surface area (Å²) in [6.45, 7) is 0.279. The van der Waals surface area contributed by atoms with E-state index in [-0.39, 0.29) is 18.2 Å². The van der Waals surface area contributed by atoms with Crippen molar-refractivity contribution in [1.29, 1.82) is 0 Å². The second-order valence-electron chi connectivity index (χ2n) is 6.38. The number of hydrogen-bond acceptors (Lipinski definition) is 4. The molecule has 0 atom stereocenters. The van der Waals surface area contributed by atoms with E-state index in [0.717, 1.165) is 16.7 Å². The second-order valence-corrected chi connectivity index (χ2v) is 6.38. The lowest BCUT2D eigenvalue weighted by Crippen LogP contribution is -2.04. The van der Waals surface area contributed by atoms with E-state index in [1.807, 2.05) is 12.1 Å². The first-order valence-electron chi connectivity index (χ1n) is 8.24. The summed E-state index contributed by atoms with van der Waals surface area (Å²) in [5.41, 5.74) is 16.3. The molecule has 1 heterocycles. The number of ketones is 1. The van der Waals surface area contributed by atoms with Gasteiger partial charge in [-0.1, -0.05) is 12.1 Å². The first kappa shape index (κ1) is 16.1. The van der Waals surface area contributed by atoms with E-state index in [2.05, 4.69) is 0 Å². The van der Waals surface area contributed by atoms with E-state index in [1.165, 1.54) is 12.1 Å². The molecule has 0 bridgehead atoms. The highest BCUT2D eigenvalue weighted by molar-refractivity contribution is 6.12. The van der Waals surface area contributed by atoms with Crippen LogP contribution in [0.1, 0.15) is 32.6 Å². The molecule has 0 aromatic heterocycles. The van der Waals surface area contributed by atoms with Gasteiger partial charge in [-0.05, 0) is 60.0 Å². The van der Waals surface area contributed by atoms with E-state index in [9.17, 15) is 9.18 Å². The molecule has 4 nitrogen and oxygen atoms in total. The van der Waals surface area contributed by atoms with Crippen molar-refractivity contribution in [3.05, 3.63) is 88.2 Å². The monoisotopic (exact) mass is 348 g/mol. The average molecular weight is 348 g/mol. The Kier molecular flexibility index (Phi) is 3.84. The van der Waals surface area contributed by atoms with Gasteiger partial charge in [0.05, 0.1) is 5.56 Å². The van der Waals surface area contributed by atoms with Gasteiger partial charge in [0.1, 0.15) is 18.2 Å². The predicted octanol–water partition coefficient (Wildman–Crippen LogP) is 3.70. The van der Waals surface area contributed by atoms with E-state index < -0.39 is 0 Å². The third-order valence-corrected chi connectivity index (χ3v) is 4.55. The lowest BCUT2D eigenvalue weighted by molar-refractivity contribution is 0.103. The summed E-state index contributed by atoms with van der Waals surface area (Å²) >= 11 is 0. The number of carbonyl (C=O) groups is 1. The fourth-order valence-corrected chi connectivity index (χ4v) is 3.19. The molecule has 0 amide bonds. The van der Waals surface area contributed by atoms with Crippen LogP contribution >= 0.6 is 0 Å². The number of halogens is 1. The van der Waals surface area contributed by atoms with Crippen molar-refractivity contribution in [1.82, 2.24) is 0 Å². The smallest absolute Gasteiger partial charge is 0.197 e. The van der Waals surface area contributed by atoms with Crippen LogP contribution in [0.15, 0.2) is 54.6 Å². The Morgan fingerprint density at radius 3 is 2.58 bits per heavy atom. The van der Waals surface area contributed by atoms with E-state index in [0.29, 0.717) is 34.7 Å². The van der Waals surface area contributed by atoms with Crippen molar-refractivity contribution >= 4 is 17.2 Å². The molecule has 0 saturated carbocycles. The molecule has 4 rings (SSSR count). The summed E-state index contributed by atoms with van der Waals surface area (Å²) in [7, 11) is 0. The Hall–Kier alpha value is -3.34. The number of rotatable bonds is 2. The molecule has 0 spiro atoms. The second kappa shape index (κ2) is 6.19. The van der Waals surface area contributed by atoms with E-state index in [4.69, 9.17) is 16.2 Å². The van der Waals surface area contributed by atoms with Crippen molar-refractivity contribution in [3.8, 4) is 5.75 Å². The van der Waals surface area contributed by atoms with Crippen molar-refractivity contribution in [2.75, 3.05) is 11.5 Å². The Morgan fingerprint density at radius 2 is 1.77 bits per heavy atom. The number of benzene rings is 3. The summed E-state index contributed by atoms with van der Waals surface area (Å²) in [6, 6.07) is 15.0. The minimum absolute atomic E-state index is 0.0830. The SMILES string of the molecule is Nc1ccc2c(c1)COc1cc(Cc3ccc(F)cc3N)ccc1C2=O. The number of anilines is 2. The first-order valence-corrected chi connectivity index (χ1v) is 8.24. The van der Waals surface area contributed by atoms with Crippen LogP contribution in [0.4, 0.5) is 15.8 Å². The summed E-state index contributed by atoms with van der Waals surface area (Å²) in [4.78, 5) is 12.8. The molecule has 1 aliphatic rings. The van der Waals surface area contributed by atoms with E-state index >= 15 is 0 Å². The molecule has 4 N–H and O–H groups in total. The number of nitrogens with two attached hydrogens (primary N) is 2. The molecular formula is C21H17FN2O2. The highest BCUT2D eigenvalue weighted by Crippen LogP contribution is 2.31. The van der Waals surface area contributed by atoms with Crippen LogP contribution in [-0.2, 0) is 13.0 Å². The van der Waals surface area contributed by atoms with Gasteiger partial charge in [-0.3, -0.25) is 4.79 Å². The standard InChI is InChI=1S/C21H17FN2O2/c22-15-3-2-13(19(24)10-15)7-12-1-5-18-20(8-12)26-11-14-9-16(23)4-6-17(14)21(18)25/h1-6,8-10H,7,11,23-24H2. The van der Waals surface area contributed by atoms with Gasteiger partial charge in [-0.15, -0.1) is 0 Å². The van der Waals surface area contributed by atoms with Crippen LogP contribution in [0, 0.1) is 5.82 Å². The molecule has 1 aliphatic heterocycles. The molecule has 130 valence electrons. The number of fused-ring (bicyclic) bond motifs is 2. The first-order chi connectivity index (χ1) is 12.5. The highest BCUT2D eigenvalue weighted by atomic mass is 19.1. The lowest BCUT2D eigenvalue weighted by atomic mass is 9.96. The summed E-state index contributed by atoms with van der Waals surface area (Å²) < 4.78 is 19.1. The molecule has 0 radical (unpaired) electrons. The summed E-state index contributed by atoms with van der Waals surface area (Å²) in [5.74, 6) is 0.0856.